The molecule has 0 saturated heterocycles. The molecule has 64 heavy (non-hydrogen) atoms. The van der Waals surface area contributed by atoms with Gasteiger partial charge in [-0.25, -0.2) is 4.98 Å². The summed E-state index contributed by atoms with van der Waals surface area (Å²) in [6.07, 6.45) is 1.92. The number of pyridine rings is 1. The Labute approximate surface area is 392 Å². The number of anilines is 4. The summed E-state index contributed by atoms with van der Waals surface area (Å²) in [5.41, 5.74) is 11.9. The Morgan fingerprint density at radius 2 is 1.14 bits per heavy atom. The van der Waals surface area contributed by atoms with Crippen LogP contribution >= 0.6 is 0 Å². The summed E-state index contributed by atoms with van der Waals surface area (Å²) >= 11 is 0. The second-order valence-corrected chi connectivity index (χ2v) is 18.7. The maximum Gasteiger partial charge on any atom is 0.135 e. The van der Waals surface area contributed by atoms with E-state index in [0.717, 1.165) is 50.4 Å². The summed E-state index contributed by atoms with van der Waals surface area (Å²) in [5.74, 6) is 2.03. The molecule has 7 aromatic carbocycles. The number of benzene rings is 7. The first-order valence-corrected chi connectivity index (χ1v) is 21.8. The predicted octanol–water partition coefficient (Wildman–Crippen LogP) is 14.9. The maximum absolute atomic E-state index is 6.70. The third kappa shape index (κ3) is 7.71. The summed E-state index contributed by atoms with van der Waals surface area (Å²) in [7, 11) is 0. The minimum absolute atomic E-state index is 0. The second-order valence-electron chi connectivity index (χ2n) is 18.7. The summed E-state index contributed by atoms with van der Waals surface area (Å²) in [5, 5.41) is 2.22. The van der Waals surface area contributed by atoms with Crippen LogP contribution in [0.1, 0.15) is 76.3 Å². The van der Waals surface area contributed by atoms with Gasteiger partial charge in [0.15, 0.2) is 0 Å². The van der Waals surface area contributed by atoms with E-state index in [4.69, 9.17) is 9.72 Å². The van der Waals surface area contributed by atoms with Gasteiger partial charge in [-0.3, -0.25) is 0 Å². The molecule has 0 N–H and O–H groups in total. The monoisotopic (exact) mass is 1010 g/mol. The van der Waals surface area contributed by atoms with Crippen molar-refractivity contribution in [3.8, 4) is 17.3 Å². The van der Waals surface area contributed by atoms with Gasteiger partial charge < -0.3 is 19.1 Å². The molecule has 0 amide bonds. The normalized spacial score (nSPS) is 13.0. The van der Waals surface area contributed by atoms with Crippen LogP contribution in [-0.2, 0) is 37.3 Å². The van der Waals surface area contributed by atoms with E-state index in [0.29, 0.717) is 11.5 Å². The van der Waals surface area contributed by atoms with Gasteiger partial charge in [-0.2, -0.15) is 12.1 Å². The number of ether oxygens (including phenoxy) is 1. The number of fused-ring (bicyclic) bond motifs is 4. The smallest absolute Gasteiger partial charge is 0.135 e. The number of rotatable bonds is 9. The van der Waals surface area contributed by atoms with E-state index in [1.165, 1.54) is 27.8 Å². The predicted molar refractivity (Wildman–Crippen MR) is 260 cm³/mol. The van der Waals surface area contributed by atoms with Crippen LogP contribution in [0.2, 0.25) is 0 Å². The molecule has 0 spiro atoms. The molecule has 9 aromatic rings. The fourth-order valence-electron chi connectivity index (χ4n) is 8.97. The van der Waals surface area contributed by atoms with E-state index in [1.807, 2.05) is 24.4 Å². The molecule has 0 unspecified atom stereocenters. The van der Waals surface area contributed by atoms with Gasteiger partial charge in [0.2, 0.25) is 0 Å². The Morgan fingerprint density at radius 3 is 1.86 bits per heavy atom. The van der Waals surface area contributed by atoms with Gasteiger partial charge >= 0.3 is 0 Å². The van der Waals surface area contributed by atoms with E-state index in [-0.39, 0.29) is 37.3 Å². The first-order chi connectivity index (χ1) is 30.4. The molecule has 2 aromatic heterocycles. The second kappa shape index (κ2) is 16.6. The molecule has 1 aliphatic heterocycles. The number of hydrogen-bond acceptors (Lipinski definition) is 4. The van der Waals surface area contributed by atoms with Crippen molar-refractivity contribution in [1.29, 1.82) is 0 Å². The van der Waals surface area contributed by atoms with Gasteiger partial charge in [0.25, 0.3) is 0 Å². The third-order valence-electron chi connectivity index (χ3n) is 12.9. The SMILES string of the molecule is CC(C)(C)c1cccc(N2[CH-]N(c3[c-]c(Oc4[c-]c5c(cc4)c4ccccc4n5-c4cc(C(C)(C)c5ccccc5)ccn4)ccc3)c3cc(C(C)(C)c4ccccc4)ccc32)c1.[Pt]. The average Bonchev–Trinajstić information content (AvgIpc) is 3.85. The van der Waals surface area contributed by atoms with Crippen molar-refractivity contribution in [2.24, 2.45) is 0 Å². The van der Waals surface area contributed by atoms with Crippen LogP contribution in [-0.4, -0.2) is 9.55 Å². The third-order valence-corrected chi connectivity index (χ3v) is 12.9. The minimum atomic E-state index is -0.225. The van der Waals surface area contributed by atoms with Crippen LogP contribution in [0.3, 0.4) is 0 Å². The van der Waals surface area contributed by atoms with E-state index >= 15 is 0 Å². The molecule has 322 valence electrons. The topological polar surface area (TPSA) is 33.5 Å². The zero-order valence-electron chi connectivity index (χ0n) is 37.3. The zero-order chi connectivity index (χ0) is 43.5. The zero-order valence-corrected chi connectivity index (χ0v) is 39.6. The van der Waals surface area contributed by atoms with Gasteiger partial charge in [-0.15, -0.1) is 48.1 Å². The molecule has 0 fully saturated rings. The van der Waals surface area contributed by atoms with E-state index in [1.54, 1.807) is 0 Å². The average molecular weight is 1020 g/mol. The van der Waals surface area contributed by atoms with E-state index in [9.17, 15) is 0 Å². The van der Waals surface area contributed by atoms with Crippen LogP contribution in [0.15, 0.2) is 176 Å². The minimum Gasteiger partial charge on any atom is -0.509 e. The Kier molecular flexibility index (Phi) is 11.1. The van der Waals surface area contributed by atoms with Crippen LogP contribution in [0.4, 0.5) is 22.7 Å². The number of hydrogen-bond donors (Lipinski definition) is 0. The van der Waals surface area contributed by atoms with Crippen molar-refractivity contribution in [3.63, 3.8) is 0 Å². The molecule has 6 heteroatoms. The van der Waals surface area contributed by atoms with Crippen LogP contribution in [0.5, 0.6) is 11.5 Å². The number of aromatic nitrogens is 2. The molecule has 1 aliphatic rings. The van der Waals surface area contributed by atoms with Crippen molar-refractivity contribution < 1.29 is 25.8 Å². The fraction of sp³-hybridized carbons (Fsp3) is 0.172. The van der Waals surface area contributed by atoms with Gasteiger partial charge in [-0.1, -0.05) is 151 Å². The molecule has 10 rings (SSSR count). The first kappa shape index (κ1) is 42.9. The first-order valence-electron chi connectivity index (χ1n) is 21.8. The van der Waals surface area contributed by atoms with Gasteiger partial charge in [0.05, 0.1) is 0 Å². The molecule has 0 aliphatic carbocycles. The van der Waals surface area contributed by atoms with E-state index in [2.05, 4.69) is 233 Å². The largest absolute Gasteiger partial charge is 0.509 e. The van der Waals surface area contributed by atoms with Gasteiger partial charge in [0.1, 0.15) is 5.82 Å². The number of para-hydroxylation sites is 1. The molecular formula is C58H51N4OPt-3. The van der Waals surface area contributed by atoms with Crippen molar-refractivity contribution in [2.75, 3.05) is 9.80 Å². The molecule has 5 nitrogen and oxygen atoms in total. The Balaban J connectivity index is 0.00000518. The standard InChI is InChI=1S/C58H51N4O.Pt/c1-56(2,3)42-22-16-23-45(34-42)60-39-61(54-35-43(28-31-52(54)60)57(4,5)40-18-10-8-11-19-40)46-24-17-25-47(37-46)63-48-29-30-50-49-26-14-15-27-51(49)62(53(50)38-48)55-36-44(32-33-59-55)58(6,7)41-20-12-9-13-21-41;/h8-36,39H,1-7H3;/q-3;. The van der Waals surface area contributed by atoms with Crippen LogP contribution < -0.4 is 14.5 Å². The summed E-state index contributed by atoms with van der Waals surface area (Å²) in [4.78, 5) is 9.46. The molecule has 0 radical (unpaired) electrons. The Morgan fingerprint density at radius 1 is 0.500 bits per heavy atom. The number of nitrogens with zero attached hydrogens (tertiary/aromatic N) is 4. The van der Waals surface area contributed by atoms with Crippen LogP contribution in [0.25, 0.3) is 27.6 Å². The quantitative estimate of drug-likeness (QED) is 0.135. The van der Waals surface area contributed by atoms with E-state index < -0.39 is 0 Å². The van der Waals surface area contributed by atoms with Crippen molar-refractivity contribution in [2.45, 2.75) is 64.7 Å². The van der Waals surface area contributed by atoms with Crippen molar-refractivity contribution in [1.82, 2.24) is 9.55 Å². The Bertz CT molecular complexity index is 3130. The van der Waals surface area contributed by atoms with Crippen molar-refractivity contribution >= 4 is 44.6 Å². The Hall–Kier alpha value is -6.42. The molecule has 0 atom stereocenters. The summed E-state index contributed by atoms with van der Waals surface area (Å²) in [6.45, 7) is 18.1. The van der Waals surface area contributed by atoms with Gasteiger partial charge in [0, 0.05) is 72.2 Å². The molecule has 3 heterocycles. The fourth-order valence-corrected chi connectivity index (χ4v) is 8.97. The molecular weight excluding hydrogens is 964 g/mol. The summed E-state index contributed by atoms with van der Waals surface area (Å²) in [6, 6.07) is 67.4. The maximum atomic E-state index is 6.70. The summed E-state index contributed by atoms with van der Waals surface area (Å²) < 4.78 is 8.90. The van der Waals surface area contributed by atoms with Crippen molar-refractivity contribution in [3.05, 3.63) is 223 Å². The molecule has 0 bridgehead atoms. The van der Waals surface area contributed by atoms with Crippen LogP contribution in [0, 0.1) is 18.8 Å². The molecule has 0 saturated carbocycles. The van der Waals surface area contributed by atoms with Gasteiger partial charge in [-0.05, 0) is 81.1 Å².